The number of halogens is 4. The van der Waals surface area contributed by atoms with E-state index in [0.29, 0.717) is 24.3 Å². The van der Waals surface area contributed by atoms with Crippen molar-refractivity contribution < 1.29 is 17.6 Å². The minimum Gasteiger partial charge on any atom is -0.235 e. The van der Waals surface area contributed by atoms with E-state index < -0.39 is 45.6 Å². The molecule has 0 unspecified atom stereocenters. The summed E-state index contributed by atoms with van der Waals surface area (Å²) in [7, 11) is 0. The Labute approximate surface area is 111 Å². The van der Waals surface area contributed by atoms with Crippen LogP contribution in [0.5, 0.6) is 0 Å². The summed E-state index contributed by atoms with van der Waals surface area (Å²) in [6.07, 6.45) is 0. The van der Waals surface area contributed by atoms with Crippen molar-refractivity contribution in [3.63, 3.8) is 0 Å². The van der Waals surface area contributed by atoms with E-state index in [0.717, 1.165) is 0 Å². The molecule has 0 bridgehead atoms. The Morgan fingerprint density at radius 2 is 1.40 bits per heavy atom. The number of hydrogen-bond acceptors (Lipinski definition) is 1. The molecule has 0 saturated heterocycles. The summed E-state index contributed by atoms with van der Waals surface area (Å²) in [6.45, 7) is 6.63. The first-order chi connectivity index (χ1) is 9.47. The van der Waals surface area contributed by atoms with Gasteiger partial charge in [-0.2, -0.15) is 5.26 Å². The minimum atomic E-state index is -1.06. The fraction of sp³-hybridized carbons (Fsp3) is 0. The maximum absolute atomic E-state index is 13.7. The molecule has 0 aliphatic carbocycles. The van der Waals surface area contributed by atoms with Crippen LogP contribution >= 0.6 is 0 Å². The second-order valence-electron chi connectivity index (χ2n) is 3.82. The highest BCUT2D eigenvalue weighted by molar-refractivity contribution is 5.69. The molecule has 2 aromatic rings. The van der Waals surface area contributed by atoms with Crippen molar-refractivity contribution in [3.05, 3.63) is 64.5 Å². The van der Waals surface area contributed by atoms with E-state index in [9.17, 15) is 17.6 Å². The van der Waals surface area contributed by atoms with Crippen LogP contribution in [0.2, 0.25) is 0 Å². The molecule has 0 fully saturated rings. The molecular formula is C14H4F4N2. The van der Waals surface area contributed by atoms with Crippen LogP contribution in [0, 0.1) is 41.2 Å². The van der Waals surface area contributed by atoms with Crippen LogP contribution in [-0.2, 0) is 0 Å². The van der Waals surface area contributed by atoms with Crippen molar-refractivity contribution >= 4 is 5.69 Å². The number of nitriles is 1. The summed E-state index contributed by atoms with van der Waals surface area (Å²) in [4.78, 5) is 2.76. The van der Waals surface area contributed by atoms with Gasteiger partial charge in [0, 0.05) is 11.1 Å². The van der Waals surface area contributed by atoms with Crippen molar-refractivity contribution in [2.45, 2.75) is 0 Å². The molecule has 98 valence electrons. The van der Waals surface area contributed by atoms with Crippen molar-refractivity contribution in [3.8, 4) is 17.2 Å². The third-order valence-corrected chi connectivity index (χ3v) is 2.62. The Hall–Kier alpha value is -2.86. The Balaban J connectivity index is 2.70. The van der Waals surface area contributed by atoms with Gasteiger partial charge in [-0.3, -0.25) is 0 Å². The fourth-order valence-corrected chi connectivity index (χ4v) is 1.67. The van der Waals surface area contributed by atoms with Crippen LogP contribution in [0.4, 0.5) is 23.2 Å². The van der Waals surface area contributed by atoms with Crippen LogP contribution < -0.4 is 0 Å². The van der Waals surface area contributed by atoms with Gasteiger partial charge in [0.05, 0.1) is 12.1 Å². The molecular weight excluding hydrogens is 272 g/mol. The van der Waals surface area contributed by atoms with Gasteiger partial charge in [0.15, 0.2) is 0 Å². The van der Waals surface area contributed by atoms with Crippen molar-refractivity contribution in [1.29, 1.82) is 5.26 Å². The highest BCUT2D eigenvalue weighted by Gasteiger charge is 2.17. The van der Waals surface area contributed by atoms with E-state index in [1.165, 1.54) is 6.07 Å². The average Bonchev–Trinajstić information content (AvgIpc) is 2.43. The Kier molecular flexibility index (Phi) is 3.41. The van der Waals surface area contributed by atoms with E-state index in [2.05, 4.69) is 4.85 Å². The molecule has 0 N–H and O–H groups in total. The van der Waals surface area contributed by atoms with Crippen LogP contribution in [0.15, 0.2) is 24.3 Å². The average molecular weight is 276 g/mol. The summed E-state index contributed by atoms with van der Waals surface area (Å²) in [5, 5.41) is 8.55. The summed E-state index contributed by atoms with van der Waals surface area (Å²) in [5.74, 6) is -4.20. The van der Waals surface area contributed by atoms with Gasteiger partial charge < -0.3 is 0 Å². The molecule has 0 radical (unpaired) electrons. The first kappa shape index (κ1) is 13.6. The van der Waals surface area contributed by atoms with Crippen LogP contribution in [0.25, 0.3) is 16.0 Å². The zero-order valence-corrected chi connectivity index (χ0v) is 9.72. The van der Waals surface area contributed by atoms with Gasteiger partial charge in [0.1, 0.15) is 29.3 Å². The quantitative estimate of drug-likeness (QED) is 0.562. The lowest BCUT2D eigenvalue weighted by atomic mass is 10.0. The molecule has 0 spiro atoms. The SMILES string of the molecule is [C-]#[N+]c1cc(F)c(-c2cc(F)c(C#N)cc2F)cc1F. The molecule has 0 aliphatic heterocycles. The standard InChI is InChI=1S/C14H4F4N2/c1-20-14-5-12(17)9(4-13(14)18)8-3-10(15)7(6-19)2-11(8)16/h2-5H. The Bertz CT molecular complexity index is 718. The summed E-state index contributed by atoms with van der Waals surface area (Å²) in [6, 6.07) is 3.87. The maximum atomic E-state index is 13.7. The fourth-order valence-electron chi connectivity index (χ4n) is 1.67. The molecule has 0 amide bonds. The Morgan fingerprint density at radius 3 is 1.95 bits per heavy atom. The van der Waals surface area contributed by atoms with E-state index in [1.807, 2.05) is 0 Å². The van der Waals surface area contributed by atoms with Gasteiger partial charge in [-0.25, -0.2) is 22.4 Å². The molecule has 2 nitrogen and oxygen atoms in total. The molecule has 0 aliphatic rings. The summed E-state index contributed by atoms with van der Waals surface area (Å²) < 4.78 is 54.3. The summed E-state index contributed by atoms with van der Waals surface area (Å²) in [5.41, 5.74) is -2.13. The van der Waals surface area contributed by atoms with Crippen molar-refractivity contribution in [2.24, 2.45) is 0 Å². The highest BCUT2D eigenvalue weighted by Crippen LogP contribution is 2.32. The predicted octanol–water partition coefficient (Wildman–Crippen LogP) is 4.33. The van der Waals surface area contributed by atoms with E-state index in [-0.39, 0.29) is 0 Å². The van der Waals surface area contributed by atoms with Crippen LogP contribution in [0.1, 0.15) is 5.56 Å². The second kappa shape index (κ2) is 5.02. The number of rotatable bonds is 1. The van der Waals surface area contributed by atoms with Crippen LogP contribution in [-0.4, -0.2) is 0 Å². The zero-order valence-electron chi connectivity index (χ0n) is 9.72. The number of hydrogen-bond donors (Lipinski definition) is 0. The van der Waals surface area contributed by atoms with E-state index >= 15 is 0 Å². The normalized spacial score (nSPS) is 9.90. The van der Waals surface area contributed by atoms with Gasteiger partial charge in [-0.1, -0.05) is 0 Å². The molecule has 0 aromatic heterocycles. The smallest absolute Gasteiger partial charge is 0.224 e. The topological polar surface area (TPSA) is 28.1 Å². The van der Waals surface area contributed by atoms with E-state index in [4.69, 9.17) is 11.8 Å². The van der Waals surface area contributed by atoms with E-state index in [1.54, 1.807) is 0 Å². The van der Waals surface area contributed by atoms with Gasteiger partial charge in [0.2, 0.25) is 5.69 Å². The third kappa shape index (κ3) is 2.19. The first-order valence-corrected chi connectivity index (χ1v) is 5.24. The monoisotopic (exact) mass is 276 g/mol. The van der Waals surface area contributed by atoms with Crippen molar-refractivity contribution in [2.75, 3.05) is 0 Å². The van der Waals surface area contributed by atoms with Crippen molar-refractivity contribution in [1.82, 2.24) is 0 Å². The largest absolute Gasteiger partial charge is 0.235 e. The summed E-state index contributed by atoms with van der Waals surface area (Å²) >= 11 is 0. The molecule has 6 heteroatoms. The van der Waals surface area contributed by atoms with Gasteiger partial charge in [-0.15, -0.1) is 0 Å². The van der Waals surface area contributed by atoms with Gasteiger partial charge >= 0.3 is 0 Å². The molecule has 0 saturated carbocycles. The first-order valence-electron chi connectivity index (χ1n) is 5.24. The lowest BCUT2D eigenvalue weighted by Crippen LogP contribution is -1.94. The lowest BCUT2D eigenvalue weighted by molar-refractivity contribution is 0.590. The second-order valence-corrected chi connectivity index (χ2v) is 3.82. The lowest BCUT2D eigenvalue weighted by Gasteiger charge is -2.07. The molecule has 2 rings (SSSR count). The maximum Gasteiger partial charge on any atom is 0.224 e. The highest BCUT2D eigenvalue weighted by atomic mass is 19.1. The minimum absolute atomic E-state index is 0.518. The van der Waals surface area contributed by atoms with Gasteiger partial charge in [-0.05, 0) is 24.3 Å². The van der Waals surface area contributed by atoms with Gasteiger partial charge in [0.25, 0.3) is 0 Å². The molecule has 20 heavy (non-hydrogen) atoms. The molecule has 0 heterocycles. The third-order valence-electron chi connectivity index (χ3n) is 2.62. The molecule has 0 atom stereocenters. The molecule has 2 aromatic carbocycles. The number of nitrogens with zero attached hydrogens (tertiary/aromatic N) is 2. The van der Waals surface area contributed by atoms with Crippen LogP contribution in [0.3, 0.4) is 0 Å². The zero-order chi connectivity index (χ0) is 14.9. The predicted molar refractivity (Wildman–Crippen MR) is 62.7 cm³/mol. The number of benzene rings is 2. The Morgan fingerprint density at radius 1 is 0.850 bits per heavy atom.